The zero-order valence-electron chi connectivity index (χ0n) is 22.9. The lowest BCUT2D eigenvalue weighted by atomic mass is 9.78. The Hall–Kier alpha value is -3.55. The predicted molar refractivity (Wildman–Crippen MR) is 144 cm³/mol. The van der Waals surface area contributed by atoms with Crippen molar-refractivity contribution in [3.05, 3.63) is 16.9 Å². The molecule has 5 N–H and O–H groups in total. The van der Waals surface area contributed by atoms with Gasteiger partial charge in [0.05, 0.1) is 30.5 Å². The number of thioether (sulfide) groups is 1. The third-order valence-electron chi connectivity index (χ3n) is 8.60. The van der Waals surface area contributed by atoms with E-state index in [-0.39, 0.29) is 59.6 Å². The number of nitrogens with zero attached hydrogens (tertiary/aromatic N) is 7. The van der Waals surface area contributed by atoms with Gasteiger partial charge in [0.15, 0.2) is 0 Å². The van der Waals surface area contributed by atoms with Gasteiger partial charge in [-0.05, 0) is 36.6 Å². The first kappa shape index (κ1) is 29.0. The van der Waals surface area contributed by atoms with Crippen molar-refractivity contribution >= 4 is 35.5 Å². The first-order valence-electron chi connectivity index (χ1n) is 13.7. The first-order valence-corrected chi connectivity index (χ1v) is 14.6. The number of carbonyl (C=O) groups is 4. The van der Waals surface area contributed by atoms with Gasteiger partial charge in [0, 0.05) is 47.3 Å². The number of likely N-dealkylation sites (tertiary alicyclic amines) is 1. The van der Waals surface area contributed by atoms with E-state index in [1.807, 2.05) is 6.92 Å². The molecule has 16 heteroatoms. The Morgan fingerprint density at radius 3 is 2.73 bits per heavy atom. The summed E-state index contributed by atoms with van der Waals surface area (Å²) >= 11 is 1.42. The molecule has 15 nitrogen and oxygen atoms in total. The van der Waals surface area contributed by atoms with Gasteiger partial charge in [0.1, 0.15) is 18.6 Å². The number of nitriles is 1. The van der Waals surface area contributed by atoms with E-state index < -0.39 is 23.5 Å². The maximum atomic E-state index is 13.2. The largest absolute Gasteiger partial charge is 0.477 e. The van der Waals surface area contributed by atoms with Gasteiger partial charge in [0.25, 0.3) is 0 Å². The van der Waals surface area contributed by atoms with Crippen molar-refractivity contribution in [2.45, 2.75) is 75.0 Å². The SMILES string of the molecule is C[C@@H](NC(=O)Cn1cnnn1)[C@H]1C(=O)N2C(C(=O)O)=C(S[C@@H]3CN[C@H](C(=O)N4CCC(N)(CC#N)CC4)C3)[C@H](C)[C@H]12. The molecule has 6 atom stereocenters. The van der Waals surface area contributed by atoms with Crippen LogP contribution in [0.1, 0.15) is 39.5 Å². The average molecular weight is 587 g/mol. The van der Waals surface area contributed by atoms with Crippen molar-refractivity contribution < 1.29 is 24.3 Å². The van der Waals surface area contributed by atoms with Crippen molar-refractivity contribution in [1.82, 2.24) is 40.6 Å². The van der Waals surface area contributed by atoms with Crippen molar-refractivity contribution in [2.75, 3.05) is 19.6 Å². The van der Waals surface area contributed by atoms with Crippen LogP contribution in [0.3, 0.4) is 0 Å². The number of hydrogen-bond donors (Lipinski definition) is 4. The highest BCUT2D eigenvalue weighted by molar-refractivity contribution is 8.03. The van der Waals surface area contributed by atoms with Crippen molar-refractivity contribution in [1.29, 1.82) is 5.26 Å². The van der Waals surface area contributed by atoms with Crippen LogP contribution in [-0.2, 0) is 25.7 Å². The summed E-state index contributed by atoms with van der Waals surface area (Å²) in [7, 11) is 0. The maximum absolute atomic E-state index is 13.2. The summed E-state index contributed by atoms with van der Waals surface area (Å²) in [5.41, 5.74) is 5.71. The summed E-state index contributed by atoms with van der Waals surface area (Å²) in [4.78, 5) is 54.9. The fourth-order valence-electron chi connectivity index (χ4n) is 6.37. The Balaban J connectivity index is 1.20. The fourth-order valence-corrected chi connectivity index (χ4v) is 7.85. The topological polar surface area (TPSA) is 212 Å². The molecule has 3 amide bonds. The standard InChI is InChI=1S/C25H34N10O5S/c1-13-19-18(14(2)30-17(36)11-34-12-29-31-32-34)23(38)35(19)20(24(39)40)21(13)41-15-9-16(28-10-15)22(37)33-7-4-25(27,3-6-26)5-8-33/h12-16,18-19,28H,3-5,7-11,27H2,1-2H3,(H,30,36)(H,39,40)/t13-,14-,15+,16+,18-,19-/m1/s1. The number of carboxylic acid groups (broad SMARTS) is 1. The van der Waals surface area contributed by atoms with Crippen molar-refractivity contribution in [3.8, 4) is 6.07 Å². The highest BCUT2D eigenvalue weighted by Gasteiger charge is 2.60. The zero-order chi connectivity index (χ0) is 29.5. The highest BCUT2D eigenvalue weighted by Crippen LogP contribution is 2.51. The Morgan fingerprint density at radius 2 is 2.10 bits per heavy atom. The van der Waals surface area contributed by atoms with Crippen LogP contribution >= 0.6 is 11.8 Å². The first-order chi connectivity index (χ1) is 19.5. The molecular weight excluding hydrogens is 552 g/mol. The second kappa shape index (κ2) is 11.4. The number of aliphatic carboxylic acids is 1. The van der Waals surface area contributed by atoms with Crippen LogP contribution in [-0.4, -0.2) is 107 Å². The minimum atomic E-state index is -1.17. The van der Waals surface area contributed by atoms with Crippen LogP contribution in [0.25, 0.3) is 0 Å². The van der Waals surface area contributed by atoms with Crippen molar-refractivity contribution in [2.24, 2.45) is 17.6 Å². The van der Waals surface area contributed by atoms with E-state index in [1.165, 1.54) is 27.7 Å². The monoisotopic (exact) mass is 586 g/mol. The molecule has 0 aromatic carbocycles. The van der Waals surface area contributed by atoms with Crippen LogP contribution in [0.5, 0.6) is 0 Å². The third-order valence-corrected chi connectivity index (χ3v) is 10.1. The molecule has 3 saturated heterocycles. The van der Waals surface area contributed by atoms with E-state index in [1.54, 1.807) is 11.8 Å². The molecule has 220 valence electrons. The number of amides is 3. The summed E-state index contributed by atoms with van der Waals surface area (Å²) < 4.78 is 1.27. The number of rotatable bonds is 9. The molecule has 3 fully saturated rings. The molecule has 0 radical (unpaired) electrons. The third kappa shape index (κ3) is 5.53. The number of β-lactam (4-membered cyclic amide) rings is 1. The van der Waals surface area contributed by atoms with Gasteiger partial charge in [-0.3, -0.25) is 14.4 Å². The Bertz CT molecular complexity index is 1290. The molecule has 0 saturated carbocycles. The van der Waals surface area contributed by atoms with Gasteiger partial charge in [-0.2, -0.15) is 5.26 Å². The molecular formula is C25H34N10O5S. The summed E-state index contributed by atoms with van der Waals surface area (Å²) in [6, 6.07) is 0.839. The Labute approximate surface area is 240 Å². The highest BCUT2D eigenvalue weighted by atomic mass is 32.2. The summed E-state index contributed by atoms with van der Waals surface area (Å²) in [5, 5.41) is 35.8. The molecule has 5 rings (SSSR count). The number of aromatic nitrogens is 4. The maximum Gasteiger partial charge on any atom is 0.353 e. The minimum Gasteiger partial charge on any atom is -0.477 e. The van der Waals surface area contributed by atoms with Crippen LogP contribution < -0.4 is 16.4 Å². The van der Waals surface area contributed by atoms with Crippen LogP contribution in [0.4, 0.5) is 0 Å². The number of carboxylic acids is 1. The van der Waals surface area contributed by atoms with E-state index in [0.717, 1.165) is 0 Å². The molecule has 41 heavy (non-hydrogen) atoms. The van der Waals surface area contributed by atoms with E-state index >= 15 is 0 Å². The molecule has 1 aromatic rings. The van der Waals surface area contributed by atoms with Gasteiger partial charge in [-0.25, -0.2) is 9.48 Å². The van der Waals surface area contributed by atoms with Gasteiger partial charge in [-0.15, -0.1) is 16.9 Å². The molecule has 4 aliphatic heterocycles. The fraction of sp³-hybridized carbons (Fsp3) is 0.680. The minimum absolute atomic E-state index is 0.00989. The lowest BCUT2D eigenvalue weighted by Crippen LogP contribution is -2.66. The normalized spacial score (nSPS) is 29.5. The van der Waals surface area contributed by atoms with Gasteiger partial charge in [0.2, 0.25) is 17.7 Å². The summed E-state index contributed by atoms with van der Waals surface area (Å²) in [6.07, 6.45) is 3.26. The van der Waals surface area contributed by atoms with Crippen LogP contribution in [0.2, 0.25) is 0 Å². The quantitative estimate of drug-likeness (QED) is 0.247. The zero-order valence-corrected chi connectivity index (χ0v) is 23.7. The summed E-state index contributed by atoms with van der Waals surface area (Å²) in [5.74, 6) is -2.68. The molecule has 5 heterocycles. The van der Waals surface area contributed by atoms with Crippen LogP contribution in [0, 0.1) is 23.2 Å². The van der Waals surface area contributed by atoms with Crippen molar-refractivity contribution in [3.63, 3.8) is 0 Å². The van der Waals surface area contributed by atoms with E-state index in [4.69, 9.17) is 11.0 Å². The van der Waals surface area contributed by atoms with E-state index in [9.17, 15) is 24.3 Å². The van der Waals surface area contributed by atoms with Gasteiger partial charge in [-0.1, -0.05) is 6.92 Å². The van der Waals surface area contributed by atoms with Gasteiger partial charge >= 0.3 is 5.97 Å². The number of carbonyl (C=O) groups excluding carboxylic acids is 3. The predicted octanol–water partition coefficient (Wildman–Crippen LogP) is -1.35. The molecule has 4 aliphatic rings. The number of fused-ring (bicyclic) bond motifs is 1. The second-order valence-electron chi connectivity index (χ2n) is 11.4. The number of hydrogen-bond acceptors (Lipinski definition) is 11. The van der Waals surface area contributed by atoms with Crippen LogP contribution in [0.15, 0.2) is 16.9 Å². The number of nitrogens with two attached hydrogens (primary N) is 1. The second-order valence-corrected chi connectivity index (χ2v) is 12.7. The smallest absolute Gasteiger partial charge is 0.353 e. The molecule has 0 aliphatic carbocycles. The number of tetrazole rings is 1. The van der Waals surface area contributed by atoms with E-state index in [2.05, 4.69) is 32.2 Å². The number of piperidine rings is 1. The lowest BCUT2D eigenvalue weighted by molar-refractivity contribution is -0.158. The molecule has 0 unspecified atom stereocenters. The molecule has 0 bridgehead atoms. The van der Waals surface area contributed by atoms with E-state index in [0.29, 0.717) is 43.8 Å². The van der Waals surface area contributed by atoms with Gasteiger partial charge < -0.3 is 31.3 Å². The average Bonchev–Trinajstić information content (AvgIpc) is 3.65. The number of nitrogens with one attached hydrogen (secondary N) is 2. The lowest BCUT2D eigenvalue weighted by Gasteiger charge is -2.47. The Kier molecular flexibility index (Phi) is 8.04. The Morgan fingerprint density at radius 1 is 1.37 bits per heavy atom. The summed E-state index contributed by atoms with van der Waals surface area (Å²) in [6.45, 7) is 5.08. The molecule has 1 aromatic heterocycles. The molecule has 0 spiro atoms.